The molecule has 1 atom stereocenters. The average Bonchev–Trinajstić information content (AvgIpc) is 3.15. The fourth-order valence-corrected chi connectivity index (χ4v) is 8.07. The van der Waals surface area contributed by atoms with Crippen molar-refractivity contribution in [3.05, 3.63) is 18.6 Å². The number of hydrogen-bond donors (Lipinski definition) is 1. The lowest BCUT2D eigenvalue weighted by Crippen LogP contribution is -2.60. The van der Waals surface area contributed by atoms with Crippen molar-refractivity contribution < 1.29 is 16.8 Å². The Balaban J connectivity index is 1.34. The van der Waals surface area contributed by atoms with Crippen molar-refractivity contribution in [1.29, 1.82) is 0 Å². The highest BCUT2D eigenvalue weighted by Crippen LogP contribution is 2.47. The van der Waals surface area contributed by atoms with Gasteiger partial charge in [0.15, 0.2) is 0 Å². The Morgan fingerprint density at radius 3 is 2.69 bits per heavy atom. The van der Waals surface area contributed by atoms with E-state index >= 15 is 0 Å². The number of H-pyrrole nitrogens is 1. The normalized spacial score (nSPS) is 24.7. The summed E-state index contributed by atoms with van der Waals surface area (Å²) in [6.07, 6.45) is 7.57. The minimum atomic E-state index is -3.72. The minimum absolute atomic E-state index is 0.168. The van der Waals surface area contributed by atoms with Crippen LogP contribution >= 0.6 is 0 Å². The van der Waals surface area contributed by atoms with E-state index in [0.717, 1.165) is 36.1 Å². The molecule has 0 aromatic carbocycles. The molecular weight excluding hydrogens is 454 g/mol. The van der Waals surface area contributed by atoms with Crippen molar-refractivity contribution in [3.63, 3.8) is 0 Å². The number of likely N-dealkylation sites (N-methyl/N-ethyl adjacent to an activating group) is 1. The highest BCUT2D eigenvalue weighted by molar-refractivity contribution is 7.88. The van der Waals surface area contributed by atoms with Crippen molar-refractivity contribution in [2.24, 2.45) is 0 Å². The molecule has 0 unspecified atom stereocenters. The molecule has 4 heterocycles. The number of rotatable bonds is 6. The van der Waals surface area contributed by atoms with Gasteiger partial charge in [-0.15, -0.1) is 0 Å². The molecule has 1 spiro atoms. The van der Waals surface area contributed by atoms with Crippen LogP contribution in [0.2, 0.25) is 0 Å². The van der Waals surface area contributed by atoms with E-state index in [9.17, 15) is 16.8 Å². The van der Waals surface area contributed by atoms with Crippen molar-refractivity contribution >= 4 is 37.1 Å². The molecule has 176 valence electrons. The maximum Gasteiger partial charge on any atom is 0.282 e. The van der Waals surface area contributed by atoms with Crippen molar-refractivity contribution in [2.75, 3.05) is 50.9 Å². The predicted octanol–water partition coefficient (Wildman–Crippen LogP) is 0.213. The van der Waals surface area contributed by atoms with Crippen molar-refractivity contribution in [3.8, 4) is 0 Å². The van der Waals surface area contributed by atoms with Crippen LogP contribution in [0.25, 0.3) is 11.0 Å². The average molecular weight is 484 g/mol. The highest BCUT2D eigenvalue weighted by Gasteiger charge is 2.57. The van der Waals surface area contributed by atoms with Crippen LogP contribution in [-0.4, -0.2) is 102 Å². The second kappa shape index (κ2) is 7.62. The van der Waals surface area contributed by atoms with Crippen LogP contribution in [0.1, 0.15) is 25.7 Å². The SMILES string of the molecule is CN(C[C@@H]1CCCN1S(C)(=O)=O)S(=O)(=O)N1CCN(c2ncnc3[nH]ccc23)CC12CC2. The highest BCUT2D eigenvalue weighted by atomic mass is 32.2. The number of anilines is 1. The van der Waals surface area contributed by atoms with Crippen molar-refractivity contribution in [2.45, 2.75) is 37.3 Å². The summed E-state index contributed by atoms with van der Waals surface area (Å²) < 4.78 is 55.6. The lowest BCUT2D eigenvalue weighted by atomic mass is 10.2. The minimum Gasteiger partial charge on any atom is -0.353 e. The summed E-state index contributed by atoms with van der Waals surface area (Å²) >= 11 is 0. The van der Waals surface area contributed by atoms with Gasteiger partial charge in [-0.2, -0.15) is 21.3 Å². The smallest absolute Gasteiger partial charge is 0.282 e. The van der Waals surface area contributed by atoms with Gasteiger partial charge in [-0.3, -0.25) is 0 Å². The molecule has 5 rings (SSSR count). The van der Waals surface area contributed by atoms with Gasteiger partial charge in [0.1, 0.15) is 17.8 Å². The first-order valence-electron chi connectivity index (χ1n) is 10.9. The molecule has 0 amide bonds. The van der Waals surface area contributed by atoms with Crippen LogP contribution in [0.15, 0.2) is 18.6 Å². The number of nitrogens with one attached hydrogen (secondary N) is 1. The van der Waals surface area contributed by atoms with E-state index in [1.807, 2.05) is 12.3 Å². The van der Waals surface area contributed by atoms with E-state index < -0.39 is 25.8 Å². The third-order valence-corrected chi connectivity index (χ3v) is 10.3. The van der Waals surface area contributed by atoms with Crippen molar-refractivity contribution in [1.82, 2.24) is 27.9 Å². The molecule has 1 aliphatic carbocycles. The molecule has 0 bridgehead atoms. The Morgan fingerprint density at radius 2 is 1.97 bits per heavy atom. The van der Waals surface area contributed by atoms with E-state index in [1.165, 1.54) is 21.2 Å². The molecule has 2 aromatic rings. The van der Waals surface area contributed by atoms with Gasteiger partial charge in [0.2, 0.25) is 10.0 Å². The van der Waals surface area contributed by atoms with E-state index in [-0.39, 0.29) is 12.6 Å². The molecule has 11 nitrogen and oxygen atoms in total. The first kappa shape index (κ1) is 22.0. The first-order valence-corrected chi connectivity index (χ1v) is 14.1. The van der Waals surface area contributed by atoms with Gasteiger partial charge in [0.05, 0.1) is 17.2 Å². The van der Waals surface area contributed by atoms with Crippen LogP contribution in [0.4, 0.5) is 5.82 Å². The zero-order valence-corrected chi connectivity index (χ0v) is 19.9. The number of fused-ring (bicyclic) bond motifs is 1. The Morgan fingerprint density at radius 1 is 1.19 bits per heavy atom. The zero-order valence-electron chi connectivity index (χ0n) is 18.3. The van der Waals surface area contributed by atoms with Crippen LogP contribution in [0, 0.1) is 0 Å². The largest absolute Gasteiger partial charge is 0.353 e. The number of hydrogen-bond acceptors (Lipinski definition) is 7. The number of aromatic nitrogens is 3. The van der Waals surface area contributed by atoms with Crippen LogP contribution < -0.4 is 4.90 Å². The zero-order chi connectivity index (χ0) is 22.7. The quantitative estimate of drug-likeness (QED) is 0.623. The maximum atomic E-state index is 13.5. The molecule has 13 heteroatoms. The van der Waals surface area contributed by atoms with Gasteiger partial charge < -0.3 is 9.88 Å². The van der Waals surface area contributed by atoms with Crippen LogP contribution in [0.5, 0.6) is 0 Å². The molecule has 0 radical (unpaired) electrons. The topological polar surface area (TPSA) is 123 Å². The number of nitrogens with zero attached hydrogens (tertiary/aromatic N) is 6. The second-order valence-electron chi connectivity index (χ2n) is 9.11. The molecule has 1 saturated carbocycles. The summed E-state index contributed by atoms with van der Waals surface area (Å²) in [6.45, 7) is 2.10. The summed E-state index contributed by atoms with van der Waals surface area (Å²) in [6, 6.07) is 1.63. The summed E-state index contributed by atoms with van der Waals surface area (Å²) in [5.41, 5.74) is 0.326. The number of piperazine rings is 1. The fourth-order valence-electron chi connectivity index (χ4n) is 5.15. The summed E-state index contributed by atoms with van der Waals surface area (Å²) in [4.78, 5) is 14.0. The van der Waals surface area contributed by atoms with E-state index in [1.54, 1.807) is 11.4 Å². The van der Waals surface area contributed by atoms with Crippen LogP contribution in [0.3, 0.4) is 0 Å². The lowest BCUT2D eigenvalue weighted by Gasteiger charge is -2.43. The second-order valence-corrected chi connectivity index (χ2v) is 13.0. The molecule has 32 heavy (non-hydrogen) atoms. The molecule has 3 fully saturated rings. The van der Waals surface area contributed by atoms with Crippen LogP contribution in [-0.2, 0) is 20.2 Å². The van der Waals surface area contributed by atoms with Gasteiger partial charge in [-0.25, -0.2) is 18.4 Å². The predicted molar refractivity (Wildman–Crippen MR) is 121 cm³/mol. The number of sulfonamides is 1. The third-order valence-electron chi connectivity index (χ3n) is 6.94. The molecule has 2 aromatic heterocycles. The Kier molecular flexibility index (Phi) is 5.24. The first-order chi connectivity index (χ1) is 15.1. The van der Waals surface area contributed by atoms with Gasteiger partial charge in [0, 0.05) is 52.0 Å². The molecule has 2 saturated heterocycles. The van der Waals surface area contributed by atoms with E-state index in [0.29, 0.717) is 32.6 Å². The molecular formula is C19H29N7O4S2. The summed E-state index contributed by atoms with van der Waals surface area (Å²) in [5.74, 6) is 0.822. The maximum absolute atomic E-state index is 13.5. The summed E-state index contributed by atoms with van der Waals surface area (Å²) in [7, 11) is -5.51. The fraction of sp³-hybridized carbons (Fsp3) is 0.684. The molecule has 3 aliphatic rings. The van der Waals surface area contributed by atoms with Gasteiger partial charge in [-0.1, -0.05) is 0 Å². The standard InChI is InChI=1S/C19H29N7O4S2/c1-23(12-15-4-3-9-25(15)31(2,27)28)32(29,30)26-11-10-24(13-19(26)6-7-19)18-16-5-8-20-17(16)21-14-22-18/h5,8,14-15H,3-4,6-7,9-13H2,1-2H3,(H,20,21,22)/t15-/m0/s1. The number of aromatic amines is 1. The summed E-state index contributed by atoms with van der Waals surface area (Å²) in [5, 5.41) is 0.929. The Bertz CT molecular complexity index is 1230. The Labute approximate surface area is 188 Å². The molecule has 1 N–H and O–H groups in total. The van der Waals surface area contributed by atoms with E-state index in [4.69, 9.17) is 0 Å². The lowest BCUT2D eigenvalue weighted by molar-refractivity contribution is 0.242. The van der Waals surface area contributed by atoms with Gasteiger partial charge >= 0.3 is 0 Å². The van der Waals surface area contributed by atoms with Gasteiger partial charge in [0.25, 0.3) is 10.2 Å². The Hall–Kier alpha value is -1.80. The monoisotopic (exact) mass is 483 g/mol. The van der Waals surface area contributed by atoms with Gasteiger partial charge in [-0.05, 0) is 31.7 Å². The third kappa shape index (κ3) is 3.69. The van der Waals surface area contributed by atoms with E-state index in [2.05, 4.69) is 19.9 Å². The molecule has 2 aliphatic heterocycles.